The highest BCUT2D eigenvalue weighted by Crippen LogP contribution is 2.27. The van der Waals surface area contributed by atoms with E-state index < -0.39 is 0 Å². The zero-order valence-corrected chi connectivity index (χ0v) is 10.7. The van der Waals surface area contributed by atoms with Crippen molar-refractivity contribution in [1.29, 1.82) is 0 Å². The topological polar surface area (TPSA) is 41.3 Å². The van der Waals surface area contributed by atoms with E-state index in [9.17, 15) is 0 Å². The number of piperidine rings is 1. The number of fused-ring (bicyclic) bond motifs is 1. The number of rotatable bonds is 3. The summed E-state index contributed by atoms with van der Waals surface area (Å²) in [5, 5.41) is 4.58. The van der Waals surface area contributed by atoms with E-state index in [1.165, 1.54) is 12.8 Å². The summed E-state index contributed by atoms with van der Waals surface area (Å²) in [5.41, 5.74) is 0.919. The van der Waals surface area contributed by atoms with Gasteiger partial charge in [0.15, 0.2) is 0 Å². The smallest absolute Gasteiger partial charge is 0.139 e. The van der Waals surface area contributed by atoms with Crippen molar-refractivity contribution in [2.45, 2.75) is 25.8 Å². The van der Waals surface area contributed by atoms with Gasteiger partial charge < -0.3 is 14.6 Å². The van der Waals surface area contributed by atoms with Crippen LogP contribution in [0.25, 0.3) is 11.0 Å². The zero-order valence-electron chi connectivity index (χ0n) is 10.7. The Labute approximate surface area is 107 Å². The van der Waals surface area contributed by atoms with E-state index in [0.717, 1.165) is 36.4 Å². The summed E-state index contributed by atoms with van der Waals surface area (Å²) < 4.78 is 5.46. The molecule has 96 valence electrons. The van der Waals surface area contributed by atoms with E-state index in [1.807, 2.05) is 18.3 Å². The van der Waals surface area contributed by atoms with Gasteiger partial charge in [-0.2, -0.15) is 0 Å². The lowest BCUT2D eigenvalue weighted by Gasteiger charge is -2.35. The first kappa shape index (κ1) is 11.5. The molecule has 0 aromatic carbocycles. The maximum atomic E-state index is 5.46. The second-order valence-corrected chi connectivity index (χ2v) is 4.75. The number of hydrogen-bond acceptors (Lipinski definition) is 4. The van der Waals surface area contributed by atoms with Crippen LogP contribution >= 0.6 is 0 Å². The molecule has 1 fully saturated rings. The maximum Gasteiger partial charge on any atom is 0.139 e. The van der Waals surface area contributed by atoms with Gasteiger partial charge in [0.25, 0.3) is 0 Å². The van der Waals surface area contributed by atoms with Crippen molar-refractivity contribution in [2.75, 3.05) is 24.5 Å². The minimum Gasteiger partial charge on any atom is -0.464 e. The minimum atomic E-state index is 0.539. The Morgan fingerprint density at radius 2 is 2.44 bits per heavy atom. The highest BCUT2D eigenvalue weighted by molar-refractivity contribution is 5.88. The van der Waals surface area contributed by atoms with Gasteiger partial charge in [0.1, 0.15) is 11.4 Å². The lowest BCUT2D eigenvalue weighted by atomic mass is 10.1. The highest BCUT2D eigenvalue weighted by atomic mass is 16.3. The maximum absolute atomic E-state index is 5.46. The van der Waals surface area contributed by atoms with E-state index in [1.54, 1.807) is 6.26 Å². The van der Waals surface area contributed by atoms with Gasteiger partial charge in [-0.1, -0.05) is 0 Å². The Morgan fingerprint density at radius 1 is 1.50 bits per heavy atom. The molecule has 3 rings (SSSR count). The number of likely N-dealkylation sites (N-methyl/N-ethyl adjacent to an activating group) is 1. The molecule has 1 atom stereocenters. The highest BCUT2D eigenvalue weighted by Gasteiger charge is 2.22. The number of pyridine rings is 1. The molecule has 4 heteroatoms. The molecule has 0 saturated carbocycles. The average molecular weight is 245 g/mol. The third-order valence-corrected chi connectivity index (χ3v) is 3.68. The molecule has 1 aliphatic heterocycles. The fourth-order valence-corrected chi connectivity index (χ4v) is 2.79. The predicted octanol–water partition coefficient (Wildman–Crippen LogP) is 2.41. The van der Waals surface area contributed by atoms with Crippen molar-refractivity contribution in [1.82, 2.24) is 10.3 Å². The molecular formula is C14H19N3O. The molecule has 1 saturated heterocycles. The van der Waals surface area contributed by atoms with E-state index in [-0.39, 0.29) is 0 Å². The normalized spacial score (nSPS) is 20.2. The van der Waals surface area contributed by atoms with Crippen molar-refractivity contribution in [3.8, 4) is 0 Å². The number of hydrogen-bond donors (Lipinski definition) is 1. The molecule has 1 N–H and O–H groups in total. The van der Waals surface area contributed by atoms with Crippen LogP contribution in [0, 0.1) is 0 Å². The van der Waals surface area contributed by atoms with Gasteiger partial charge in [0.2, 0.25) is 0 Å². The second kappa shape index (κ2) is 4.98. The van der Waals surface area contributed by atoms with E-state index in [2.05, 4.69) is 22.1 Å². The van der Waals surface area contributed by atoms with E-state index in [0.29, 0.717) is 6.04 Å². The number of nitrogens with one attached hydrogen (secondary N) is 1. The molecular weight excluding hydrogens is 226 g/mol. The molecule has 2 aromatic rings. The molecule has 1 unspecified atom stereocenters. The molecule has 0 radical (unpaired) electrons. The monoisotopic (exact) mass is 245 g/mol. The molecule has 4 nitrogen and oxygen atoms in total. The first-order chi connectivity index (χ1) is 8.90. The Morgan fingerprint density at radius 3 is 3.22 bits per heavy atom. The van der Waals surface area contributed by atoms with Crippen LogP contribution in [-0.2, 0) is 0 Å². The molecule has 0 amide bonds. The first-order valence-corrected chi connectivity index (χ1v) is 6.69. The fraction of sp³-hybridized carbons (Fsp3) is 0.500. The lowest BCUT2D eigenvalue weighted by molar-refractivity contribution is 0.434. The SMILES string of the molecule is CCN(c1nccc2occc12)C1CCCNC1. The van der Waals surface area contributed by atoms with Gasteiger partial charge in [0, 0.05) is 25.3 Å². The van der Waals surface area contributed by atoms with Gasteiger partial charge >= 0.3 is 0 Å². The summed E-state index contributed by atoms with van der Waals surface area (Å²) in [4.78, 5) is 6.96. The number of aromatic nitrogens is 1. The van der Waals surface area contributed by atoms with Crippen molar-refractivity contribution in [2.24, 2.45) is 0 Å². The van der Waals surface area contributed by atoms with Crippen LogP contribution in [0.2, 0.25) is 0 Å². The average Bonchev–Trinajstić information content (AvgIpc) is 2.90. The van der Waals surface area contributed by atoms with Crippen LogP contribution in [0.15, 0.2) is 29.0 Å². The molecule has 0 spiro atoms. The Bertz CT molecular complexity index is 516. The molecule has 2 aromatic heterocycles. The standard InChI is InChI=1S/C14H19N3O/c1-2-17(11-4-3-7-15-10-11)14-12-6-9-18-13(12)5-8-16-14/h5-6,8-9,11,15H,2-4,7,10H2,1H3. The number of nitrogens with zero attached hydrogens (tertiary/aromatic N) is 2. The minimum absolute atomic E-state index is 0.539. The van der Waals surface area contributed by atoms with Crippen LogP contribution in [-0.4, -0.2) is 30.7 Å². The quantitative estimate of drug-likeness (QED) is 0.901. The summed E-state index contributed by atoms with van der Waals surface area (Å²) in [5.74, 6) is 1.05. The summed E-state index contributed by atoms with van der Waals surface area (Å²) in [6.07, 6.45) is 6.04. The Hall–Kier alpha value is -1.55. The van der Waals surface area contributed by atoms with E-state index in [4.69, 9.17) is 4.42 Å². The fourth-order valence-electron chi connectivity index (χ4n) is 2.79. The van der Waals surface area contributed by atoms with Crippen molar-refractivity contribution in [3.05, 3.63) is 24.6 Å². The van der Waals surface area contributed by atoms with Gasteiger partial charge in [-0.05, 0) is 38.4 Å². The van der Waals surface area contributed by atoms with Gasteiger partial charge in [-0.25, -0.2) is 4.98 Å². The molecule has 18 heavy (non-hydrogen) atoms. The molecule has 1 aliphatic rings. The molecule has 0 aliphatic carbocycles. The Balaban J connectivity index is 1.97. The van der Waals surface area contributed by atoms with Gasteiger partial charge in [0.05, 0.1) is 11.6 Å². The van der Waals surface area contributed by atoms with Crippen molar-refractivity contribution in [3.63, 3.8) is 0 Å². The van der Waals surface area contributed by atoms with Crippen LogP contribution in [0.1, 0.15) is 19.8 Å². The van der Waals surface area contributed by atoms with Crippen LogP contribution in [0.4, 0.5) is 5.82 Å². The van der Waals surface area contributed by atoms with E-state index >= 15 is 0 Å². The zero-order chi connectivity index (χ0) is 12.4. The third kappa shape index (κ3) is 1.97. The van der Waals surface area contributed by atoms with Crippen LogP contribution < -0.4 is 10.2 Å². The largest absolute Gasteiger partial charge is 0.464 e. The summed E-state index contributed by atoms with van der Waals surface area (Å²) in [6, 6.07) is 4.47. The molecule has 3 heterocycles. The van der Waals surface area contributed by atoms with Crippen molar-refractivity contribution < 1.29 is 4.42 Å². The Kier molecular flexibility index (Phi) is 3.19. The predicted molar refractivity (Wildman–Crippen MR) is 72.9 cm³/mol. The number of anilines is 1. The van der Waals surface area contributed by atoms with Gasteiger partial charge in [-0.3, -0.25) is 0 Å². The molecule has 0 bridgehead atoms. The summed E-state index contributed by atoms with van der Waals surface area (Å²) >= 11 is 0. The van der Waals surface area contributed by atoms with Gasteiger partial charge in [-0.15, -0.1) is 0 Å². The number of furan rings is 1. The van der Waals surface area contributed by atoms with Crippen LogP contribution in [0.5, 0.6) is 0 Å². The second-order valence-electron chi connectivity index (χ2n) is 4.75. The summed E-state index contributed by atoms with van der Waals surface area (Å²) in [6.45, 7) is 5.35. The first-order valence-electron chi connectivity index (χ1n) is 6.69. The summed E-state index contributed by atoms with van der Waals surface area (Å²) in [7, 11) is 0. The lowest BCUT2D eigenvalue weighted by Crippen LogP contribution is -2.46. The van der Waals surface area contributed by atoms with Crippen molar-refractivity contribution >= 4 is 16.8 Å². The third-order valence-electron chi connectivity index (χ3n) is 3.68. The van der Waals surface area contributed by atoms with Crippen LogP contribution in [0.3, 0.4) is 0 Å².